The van der Waals surface area contributed by atoms with E-state index in [-0.39, 0.29) is 25.7 Å². The van der Waals surface area contributed by atoms with Crippen molar-refractivity contribution in [1.82, 2.24) is 0 Å². The molecule has 0 rings (SSSR count). The van der Waals surface area contributed by atoms with Gasteiger partial charge in [-0.2, -0.15) is 0 Å². The molecule has 0 bridgehead atoms. The van der Waals surface area contributed by atoms with Crippen LogP contribution in [0.4, 0.5) is 0 Å². The molecule has 17 nitrogen and oxygen atoms in total. The second-order valence-electron chi connectivity index (χ2n) is 26.4. The van der Waals surface area contributed by atoms with Crippen molar-refractivity contribution in [3.63, 3.8) is 0 Å². The smallest absolute Gasteiger partial charge is 0.462 e. The predicted octanol–water partition coefficient (Wildman–Crippen LogP) is 22.1. The van der Waals surface area contributed by atoms with E-state index in [1.165, 1.54) is 161 Å². The van der Waals surface area contributed by atoms with Crippen LogP contribution in [0, 0.1) is 0 Å². The van der Waals surface area contributed by atoms with E-state index >= 15 is 0 Å². The zero-order chi connectivity index (χ0) is 70.4. The number of allylic oxidation sites excluding steroid dienone is 8. The second-order valence-corrected chi connectivity index (χ2v) is 29.3. The second kappa shape index (κ2) is 70.5. The molecule has 0 spiro atoms. The average Bonchev–Trinajstić information content (AvgIpc) is 1.14. The summed E-state index contributed by atoms with van der Waals surface area (Å²) in [7, 11) is -9.94. The molecule has 0 aliphatic rings. The summed E-state index contributed by atoms with van der Waals surface area (Å²) in [5, 5.41) is 10.6. The number of phosphoric ester groups is 2. The number of unbranched alkanes of at least 4 members (excludes halogenated alkanes) is 42. The first-order valence-corrected chi connectivity index (χ1v) is 41.9. The van der Waals surface area contributed by atoms with Crippen LogP contribution < -0.4 is 0 Å². The van der Waals surface area contributed by atoms with Crippen LogP contribution in [0.2, 0.25) is 0 Å². The number of esters is 4. The highest BCUT2D eigenvalue weighted by molar-refractivity contribution is 7.47. The summed E-state index contributed by atoms with van der Waals surface area (Å²) in [6.07, 6.45) is 66.6. The van der Waals surface area contributed by atoms with Gasteiger partial charge in [-0.05, 0) is 77.0 Å². The largest absolute Gasteiger partial charge is 0.472 e. The van der Waals surface area contributed by atoms with Crippen LogP contribution in [0.5, 0.6) is 0 Å². The van der Waals surface area contributed by atoms with Crippen LogP contribution in [0.1, 0.15) is 362 Å². The van der Waals surface area contributed by atoms with E-state index in [4.69, 9.17) is 37.0 Å². The molecule has 0 saturated heterocycles. The molecule has 0 aliphatic carbocycles. The van der Waals surface area contributed by atoms with Crippen molar-refractivity contribution in [2.24, 2.45) is 0 Å². The lowest BCUT2D eigenvalue weighted by Gasteiger charge is -2.21. The van der Waals surface area contributed by atoms with Gasteiger partial charge in [0.25, 0.3) is 0 Å². The van der Waals surface area contributed by atoms with E-state index in [1.54, 1.807) is 0 Å². The molecule has 19 heteroatoms. The summed E-state index contributed by atoms with van der Waals surface area (Å²) in [5.74, 6) is -2.17. The van der Waals surface area contributed by atoms with E-state index < -0.39 is 97.5 Å². The van der Waals surface area contributed by atoms with Gasteiger partial charge in [-0.1, -0.05) is 307 Å². The molecular formula is C77H142O17P2. The van der Waals surface area contributed by atoms with Gasteiger partial charge in [0.15, 0.2) is 12.2 Å². The first-order chi connectivity index (χ1) is 46.7. The van der Waals surface area contributed by atoms with Crippen LogP contribution in [0.25, 0.3) is 0 Å². The summed E-state index contributed by atoms with van der Waals surface area (Å²) in [5.41, 5.74) is 0. The van der Waals surface area contributed by atoms with Crippen LogP contribution in [0.3, 0.4) is 0 Å². The molecule has 5 atom stereocenters. The summed E-state index contributed by atoms with van der Waals surface area (Å²) in [6, 6.07) is 0. The maximum absolute atomic E-state index is 13.1. The molecule has 0 amide bonds. The molecule has 0 aliphatic heterocycles. The predicted molar refractivity (Wildman–Crippen MR) is 390 cm³/mol. The van der Waals surface area contributed by atoms with Gasteiger partial charge in [0.05, 0.1) is 26.4 Å². The van der Waals surface area contributed by atoms with Gasteiger partial charge in [-0.3, -0.25) is 37.3 Å². The van der Waals surface area contributed by atoms with Gasteiger partial charge in [0.1, 0.15) is 19.3 Å². The van der Waals surface area contributed by atoms with Crippen molar-refractivity contribution >= 4 is 39.5 Å². The third-order valence-corrected chi connectivity index (χ3v) is 18.8. The molecular weight excluding hydrogens is 1260 g/mol. The minimum atomic E-state index is -4.97. The Morgan fingerprint density at radius 1 is 0.292 bits per heavy atom. The number of hydrogen-bond donors (Lipinski definition) is 3. The Morgan fingerprint density at radius 2 is 0.500 bits per heavy atom. The summed E-state index contributed by atoms with van der Waals surface area (Å²) < 4.78 is 68.5. The highest BCUT2D eigenvalue weighted by Crippen LogP contribution is 2.45. The van der Waals surface area contributed by atoms with Crippen LogP contribution in [0.15, 0.2) is 48.6 Å². The molecule has 0 radical (unpaired) electrons. The molecule has 562 valence electrons. The van der Waals surface area contributed by atoms with E-state index in [1.807, 2.05) is 0 Å². The molecule has 0 saturated carbocycles. The van der Waals surface area contributed by atoms with Crippen molar-refractivity contribution in [2.75, 3.05) is 39.6 Å². The van der Waals surface area contributed by atoms with Gasteiger partial charge < -0.3 is 33.8 Å². The van der Waals surface area contributed by atoms with Gasteiger partial charge in [0, 0.05) is 25.7 Å². The van der Waals surface area contributed by atoms with Crippen LogP contribution >= 0.6 is 15.6 Å². The lowest BCUT2D eigenvalue weighted by molar-refractivity contribution is -0.161. The highest BCUT2D eigenvalue weighted by atomic mass is 31.2. The number of hydrogen-bond acceptors (Lipinski definition) is 15. The minimum absolute atomic E-state index is 0.0787. The lowest BCUT2D eigenvalue weighted by atomic mass is 10.0. The third kappa shape index (κ3) is 69.5. The Labute approximate surface area is 585 Å². The zero-order valence-corrected chi connectivity index (χ0v) is 63.1. The first kappa shape index (κ1) is 93.0. The van der Waals surface area contributed by atoms with Crippen molar-refractivity contribution in [3.05, 3.63) is 48.6 Å². The van der Waals surface area contributed by atoms with E-state index in [0.717, 1.165) is 122 Å². The first-order valence-electron chi connectivity index (χ1n) is 38.9. The lowest BCUT2D eigenvalue weighted by Crippen LogP contribution is -2.30. The third-order valence-electron chi connectivity index (χ3n) is 16.9. The van der Waals surface area contributed by atoms with Gasteiger partial charge in [-0.15, -0.1) is 0 Å². The summed E-state index contributed by atoms with van der Waals surface area (Å²) in [6.45, 7) is 4.87. The number of phosphoric acid groups is 2. The molecule has 0 aromatic heterocycles. The zero-order valence-electron chi connectivity index (χ0n) is 61.3. The van der Waals surface area contributed by atoms with Crippen molar-refractivity contribution < 1.29 is 80.2 Å². The number of carbonyl (C=O) groups excluding carboxylic acids is 4. The van der Waals surface area contributed by atoms with Gasteiger partial charge in [0.2, 0.25) is 0 Å². The van der Waals surface area contributed by atoms with E-state index in [0.29, 0.717) is 25.7 Å². The molecule has 3 N–H and O–H groups in total. The molecule has 0 fully saturated rings. The minimum Gasteiger partial charge on any atom is -0.462 e. The molecule has 0 aromatic rings. The number of aliphatic hydroxyl groups excluding tert-OH is 1. The van der Waals surface area contributed by atoms with Crippen molar-refractivity contribution in [1.29, 1.82) is 0 Å². The fourth-order valence-electron chi connectivity index (χ4n) is 10.9. The van der Waals surface area contributed by atoms with Gasteiger partial charge in [-0.25, -0.2) is 9.13 Å². The number of carbonyl (C=O) groups is 4. The van der Waals surface area contributed by atoms with Crippen molar-refractivity contribution in [2.45, 2.75) is 380 Å². The van der Waals surface area contributed by atoms with Gasteiger partial charge >= 0.3 is 39.5 Å². The number of rotatable bonds is 74. The summed E-state index contributed by atoms with van der Waals surface area (Å²) in [4.78, 5) is 72.8. The molecule has 96 heavy (non-hydrogen) atoms. The SMILES string of the molecule is CCCCCC/C=C\C=C/CCCCCCCC(=O)OC[C@H](COP(=O)(O)OC[C@@H](O)COP(=O)(O)OC[C@@H](COC(=O)CCCCCCCCCCCCCC)OC(=O)CCCCCCCCCCCCCCCC)OC(=O)CCCCCCC/C=C\C=C/CCCCCC. The Bertz CT molecular complexity index is 2010. The number of aliphatic hydroxyl groups is 1. The van der Waals surface area contributed by atoms with Crippen LogP contribution in [-0.2, 0) is 65.4 Å². The quantitative estimate of drug-likeness (QED) is 0.0169. The Morgan fingerprint density at radius 3 is 0.760 bits per heavy atom. The Balaban J connectivity index is 5.33. The molecule has 2 unspecified atom stereocenters. The average molecular weight is 1400 g/mol. The molecule has 0 heterocycles. The molecule has 0 aromatic carbocycles. The Hall–Kier alpha value is -2.98. The summed E-state index contributed by atoms with van der Waals surface area (Å²) >= 11 is 0. The normalized spacial score (nSPS) is 14.2. The maximum Gasteiger partial charge on any atom is 0.472 e. The highest BCUT2D eigenvalue weighted by Gasteiger charge is 2.30. The Kier molecular flexibility index (Phi) is 68.3. The fraction of sp³-hybridized carbons (Fsp3) is 0.844. The standard InChI is InChI=1S/C77H142O17P2/c1-5-9-13-17-21-25-29-33-36-39-42-46-50-54-58-62-75(80)88-68-73(94-77(82)64-60-56-52-48-44-40-37-34-30-26-22-18-14-10-6-2)70-92-96(85,86)90-66-71(78)65-89-95(83,84)91-69-72(67-87-74(79)61-57-53-49-45-41-32-28-24-20-16-12-8-4)93-76(81)63-59-55-51-47-43-38-35-31-27-23-19-15-11-7-3/h25-26,29-30,33-34,36-37,71-73,78H,5-24,27-28,31-32,35,38-70H2,1-4H3,(H,83,84)(H,85,86)/b29-25-,30-26-,36-33-,37-34-/t71-,72+,73+/m0/s1. The van der Waals surface area contributed by atoms with E-state index in [9.17, 15) is 43.2 Å². The van der Waals surface area contributed by atoms with Crippen LogP contribution in [-0.4, -0.2) is 96.7 Å². The van der Waals surface area contributed by atoms with E-state index in [2.05, 4.69) is 76.3 Å². The topological polar surface area (TPSA) is 237 Å². The fourth-order valence-corrected chi connectivity index (χ4v) is 12.4. The van der Waals surface area contributed by atoms with Crippen molar-refractivity contribution in [3.8, 4) is 0 Å². The maximum atomic E-state index is 13.1. The number of ether oxygens (including phenoxy) is 4. The monoisotopic (exact) mass is 1400 g/mol.